The normalized spacial score (nSPS) is 21.9. The molecule has 0 spiro atoms. The lowest BCUT2D eigenvalue weighted by atomic mass is 10.3. The predicted octanol–water partition coefficient (Wildman–Crippen LogP) is 3.67. The Morgan fingerprint density at radius 1 is 1.10 bits per heavy atom. The number of carbonyl (C=O) groups is 1. The molecule has 20 heavy (non-hydrogen) atoms. The molecule has 1 amide bonds. The lowest BCUT2D eigenvalue weighted by molar-refractivity contribution is -0.122. The summed E-state index contributed by atoms with van der Waals surface area (Å²) in [4.78, 5) is 18.3. The zero-order chi connectivity index (χ0) is 14.3. The highest BCUT2D eigenvalue weighted by atomic mass is 32.2. The van der Waals surface area contributed by atoms with Crippen molar-refractivity contribution in [1.29, 1.82) is 0 Å². The monoisotopic (exact) mass is 322 g/mol. The first-order valence-corrected chi connectivity index (χ1v) is 8.53. The van der Waals surface area contributed by atoms with Crippen molar-refractivity contribution in [1.82, 2.24) is 4.90 Å². The van der Waals surface area contributed by atoms with E-state index in [2.05, 4.69) is 24.0 Å². The minimum absolute atomic E-state index is 0.0382. The van der Waals surface area contributed by atoms with Gasteiger partial charge in [-0.05, 0) is 26.0 Å². The van der Waals surface area contributed by atoms with Gasteiger partial charge in [0.15, 0.2) is 0 Å². The van der Waals surface area contributed by atoms with Crippen LogP contribution in [0.5, 0.6) is 0 Å². The van der Waals surface area contributed by atoms with Gasteiger partial charge < -0.3 is 4.90 Å². The molecule has 2 aliphatic rings. The SMILES string of the molecule is CCN1C(=O)/C(=C2/Sc3ccccc3N2CC)SC1=S. The van der Waals surface area contributed by atoms with E-state index in [9.17, 15) is 4.79 Å². The van der Waals surface area contributed by atoms with E-state index in [1.807, 2.05) is 19.1 Å². The fourth-order valence-corrected chi connectivity index (χ4v) is 5.08. The first kappa shape index (κ1) is 14.0. The lowest BCUT2D eigenvalue weighted by Gasteiger charge is -2.19. The second-order valence-corrected chi connectivity index (χ2v) is 7.04. The Morgan fingerprint density at radius 3 is 2.45 bits per heavy atom. The van der Waals surface area contributed by atoms with E-state index in [-0.39, 0.29) is 5.91 Å². The minimum atomic E-state index is 0.0382. The molecule has 0 aliphatic carbocycles. The van der Waals surface area contributed by atoms with Crippen LogP contribution in [0, 0.1) is 0 Å². The summed E-state index contributed by atoms with van der Waals surface area (Å²) in [5.74, 6) is 0.0382. The number of carbonyl (C=O) groups excluding carboxylic acids is 1. The van der Waals surface area contributed by atoms with Crippen LogP contribution in [-0.4, -0.2) is 28.2 Å². The molecule has 0 bridgehead atoms. The van der Waals surface area contributed by atoms with Gasteiger partial charge >= 0.3 is 0 Å². The number of fused-ring (bicyclic) bond motifs is 1. The summed E-state index contributed by atoms with van der Waals surface area (Å²) in [6, 6.07) is 8.25. The smallest absolute Gasteiger partial charge is 0.268 e. The molecule has 2 heterocycles. The molecule has 0 saturated carbocycles. The van der Waals surface area contributed by atoms with E-state index in [0.29, 0.717) is 10.9 Å². The summed E-state index contributed by atoms with van der Waals surface area (Å²) >= 11 is 8.38. The van der Waals surface area contributed by atoms with Crippen LogP contribution < -0.4 is 4.90 Å². The third kappa shape index (κ3) is 2.06. The molecule has 1 aromatic rings. The van der Waals surface area contributed by atoms with Crippen LogP contribution in [0.4, 0.5) is 5.69 Å². The molecule has 1 aromatic carbocycles. The molecule has 1 fully saturated rings. The molecule has 104 valence electrons. The van der Waals surface area contributed by atoms with Crippen molar-refractivity contribution in [2.24, 2.45) is 0 Å². The molecule has 0 unspecified atom stereocenters. The van der Waals surface area contributed by atoms with Crippen molar-refractivity contribution in [2.45, 2.75) is 18.7 Å². The zero-order valence-electron chi connectivity index (χ0n) is 11.3. The number of rotatable bonds is 2. The standard InChI is InChI=1S/C14H14N2OS3/c1-3-15-9-7-5-6-8-10(9)19-13(15)11-12(17)16(4-2)14(18)20-11/h5-8H,3-4H2,1-2H3/b13-11-. The number of thiocarbonyl (C=S) groups is 1. The first-order chi connectivity index (χ1) is 9.67. The molecular weight excluding hydrogens is 308 g/mol. The van der Waals surface area contributed by atoms with Gasteiger partial charge in [0.05, 0.1) is 5.69 Å². The van der Waals surface area contributed by atoms with Crippen molar-refractivity contribution in [3.05, 3.63) is 34.2 Å². The van der Waals surface area contributed by atoms with Gasteiger partial charge in [-0.25, -0.2) is 0 Å². The van der Waals surface area contributed by atoms with E-state index in [1.165, 1.54) is 22.3 Å². The summed E-state index contributed by atoms with van der Waals surface area (Å²) < 4.78 is 0.660. The molecule has 0 N–H and O–H groups in total. The number of anilines is 1. The summed E-state index contributed by atoms with van der Waals surface area (Å²) in [7, 11) is 0. The second-order valence-electron chi connectivity index (χ2n) is 4.37. The van der Waals surface area contributed by atoms with Crippen LogP contribution in [0.2, 0.25) is 0 Å². The third-order valence-electron chi connectivity index (χ3n) is 3.28. The Hall–Kier alpha value is -0.980. The predicted molar refractivity (Wildman–Crippen MR) is 89.9 cm³/mol. The Labute approximate surface area is 132 Å². The minimum Gasteiger partial charge on any atom is -0.334 e. The maximum Gasteiger partial charge on any atom is 0.268 e. The molecule has 0 aromatic heterocycles. The highest BCUT2D eigenvalue weighted by molar-refractivity contribution is 8.27. The molecule has 0 radical (unpaired) electrons. The van der Waals surface area contributed by atoms with Crippen LogP contribution >= 0.6 is 35.7 Å². The van der Waals surface area contributed by atoms with Gasteiger partial charge in [-0.2, -0.15) is 0 Å². The largest absolute Gasteiger partial charge is 0.334 e. The van der Waals surface area contributed by atoms with Crippen LogP contribution in [0.3, 0.4) is 0 Å². The quantitative estimate of drug-likeness (QED) is 0.611. The lowest BCUT2D eigenvalue weighted by Crippen LogP contribution is -2.28. The van der Waals surface area contributed by atoms with Gasteiger partial charge in [-0.1, -0.05) is 47.9 Å². The fraction of sp³-hybridized carbons (Fsp3) is 0.286. The number of para-hydroxylation sites is 1. The summed E-state index contributed by atoms with van der Waals surface area (Å²) in [6.07, 6.45) is 0. The molecule has 2 aliphatic heterocycles. The Kier molecular flexibility index (Phi) is 3.79. The third-order valence-corrected chi connectivity index (χ3v) is 6.03. The van der Waals surface area contributed by atoms with Gasteiger partial charge in [0, 0.05) is 18.0 Å². The molecule has 6 heteroatoms. The topological polar surface area (TPSA) is 23.6 Å². The average molecular weight is 322 g/mol. The van der Waals surface area contributed by atoms with E-state index in [1.54, 1.807) is 16.7 Å². The molecule has 0 atom stereocenters. The highest BCUT2D eigenvalue weighted by Gasteiger charge is 2.37. The molecular formula is C14H14N2OS3. The number of benzene rings is 1. The van der Waals surface area contributed by atoms with Gasteiger partial charge in [-0.3, -0.25) is 9.69 Å². The summed E-state index contributed by atoms with van der Waals surface area (Å²) in [5, 5.41) is 1.02. The van der Waals surface area contributed by atoms with E-state index in [0.717, 1.165) is 16.5 Å². The number of amides is 1. The second kappa shape index (κ2) is 5.42. The molecule has 1 saturated heterocycles. The van der Waals surface area contributed by atoms with Crippen LogP contribution in [0.15, 0.2) is 39.1 Å². The summed E-state index contributed by atoms with van der Waals surface area (Å²) in [6.45, 7) is 5.52. The molecule has 3 nitrogen and oxygen atoms in total. The number of hydrogen-bond acceptors (Lipinski definition) is 5. The van der Waals surface area contributed by atoms with Gasteiger partial charge in [0.2, 0.25) is 0 Å². The highest BCUT2D eigenvalue weighted by Crippen LogP contribution is 2.50. The number of likely N-dealkylation sites (N-methyl/N-ethyl adjacent to an activating group) is 1. The Balaban J connectivity index is 2.06. The van der Waals surface area contributed by atoms with Crippen molar-refractivity contribution >= 4 is 51.7 Å². The Morgan fingerprint density at radius 2 is 1.80 bits per heavy atom. The van der Waals surface area contributed by atoms with Crippen LogP contribution in [-0.2, 0) is 4.79 Å². The van der Waals surface area contributed by atoms with E-state index >= 15 is 0 Å². The number of thioether (sulfide) groups is 2. The van der Waals surface area contributed by atoms with Crippen LogP contribution in [0.25, 0.3) is 0 Å². The van der Waals surface area contributed by atoms with E-state index in [4.69, 9.17) is 12.2 Å². The fourth-order valence-electron chi connectivity index (χ4n) is 2.32. The van der Waals surface area contributed by atoms with Crippen molar-refractivity contribution in [3.8, 4) is 0 Å². The number of nitrogens with zero attached hydrogens (tertiary/aromatic N) is 2. The zero-order valence-corrected chi connectivity index (χ0v) is 13.7. The maximum absolute atomic E-state index is 12.5. The Bertz CT molecular complexity index is 627. The first-order valence-electron chi connectivity index (χ1n) is 6.49. The summed E-state index contributed by atoms with van der Waals surface area (Å²) in [5.41, 5.74) is 1.18. The van der Waals surface area contributed by atoms with Crippen molar-refractivity contribution < 1.29 is 4.79 Å². The number of hydrogen-bond donors (Lipinski definition) is 0. The van der Waals surface area contributed by atoms with Crippen LogP contribution in [0.1, 0.15) is 13.8 Å². The van der Waals surface area contributed by atoms with Gasteiger partial charge in [0.1, 0.15) is 14.3 Å². The van der Waals surface area contributed by atoms with E-state index < -0.39 is 0 Å². The maximum atomic E-state index is 12.5. The average Bonchev–Trinajstić information content (AvgIpc) is 2.95. The molecule has 3 rings (SSSR count). The van der Waals surface area contributed by atoms with Gasteiger partial charge in [0.25, 0.3) is 5.91 Å². The van der Waals surface area contributed by atoms with Gasteiger partial charge in [-0.15, -0.1) is 0 Å². The van der Waals surface area contributed by atoms with Crippen molar-refractivity contribution in [2.75, 3.05) is 18.0 Å². The van der Waals surface area contributed by atoms with Crippen molar-refractivity contribution in [3.63, 3.8) is 0 Å².